The summed E-state index contributed by atoms with van der Waals surface area (Å²) in [6.07, 6.45) is 2.57. The number of carbonyl (C=O) groups excluding carboxylic acids is 1. The minimum Gasteiger partial charge on any atom is -0.493 e. The van der Waals surface area contributed by atoms with Gasteiger partial charge < -0.3 is 10.1 Å². The Hall–Kier alpha value is -3.15. The van der Waals surface area contributed by atoms with Gasteiger partial charge in [0.2, 0.25) is 0 Å². The second-order valence-electron chi connectivity index (χ2n) is 6.59. The first-order valence-corrected chi connectivity index (χ1v) is 9.29. The zero-order valence-electron chi connectivity index (χ0n) is 15.2. The van der Waals surface area contributed by atoms with Crippen LogP contribution < -0.4 is 10.1 Å². The minimum atomic E-state index is -0.0903. The highest BCUT2D eigenvalue weighted by molar-refractivity contribution is 5.94. The summed E-state index contributed by atoms with van der Waals surface area (Å²) in [5.41, 5.74) is 2.54. The first kappa shape index (κ1) is 17.3. The summed E-state index contributed by atoms with van der Waals surface area (Å²) in [5, 5.41) is 10.3. The van der Waals surface area contributed by atoms with Gasteiger partial charge >= 0.3 is 0 Å². The van der Waals surface area contributed by atoms with E-state index in [0.717, 1.165) is 42.0 Å². The summed E-state index contributed by atoms with van der Waals surface area (Å²) in [5.74, 6) is 2.26. The van der Waals surface area contributed by atoms with E-state index in [-0.39, 0.29) is 11.9 Å². The van der Waals surface area contributed by atoms with E-state index in [1.165, 1.54) is 0 Å². The molecule has 1 aliphatic rings. The fraction of sp³-hybridized carbons (Fsp3) is 0.286. The van der Waals surface area contributed by atoms with Gasteiger partial charge in [0.05, 0.1) is 12.6 Å². The fourth-order valence-electron chi connectivity index (χ4n) is 3.27. The van der Waals surface area contributed by atoms with E-state index in [2.05, 4.69) is 20.5 Å². The van der Waals surface area contributed by atoms with Crippen LogP contribution in [-0.4, -0.2) is 27.7 Å². The molecule has 0 saturated heterocycles. The molecule has 2 heterocycles. The Bertz CT molecular complexity index is 933. The maximum atomic E-state index is 12.7. The molecular weight excluding hydrogens is 340 g/mol. The maximum absolute atomic E-state index is 12.7. The van der Waals surface area contributed by atoms with Crippen molar-refractivity contribution in [1.29, 1.82) is 0 Å². The molecule has 0 spiro atoms. The van der Waals surface area contributed by atoms with Crippen molar-refractivity contribution in [2.75, 3.05) is 6.61 Å². The van der Waals surface area contributed by atoms with Crippen molar-refractivity contribution in [1.82, 2.24) is 20.5 Å². The van der Waals surface area contributed by atoms with Crippen molar-refractivity contribution in [2.45, 2.75) is 32.2 Å². The second kappa shape index (κ2) is 7.61. The first-order valence-electron chi connectivity index (χ1n) is 9.29. The number of rotatable bonds is 4. The molecule has 0 radical (unpaired) electrons. The highest BCUT2D eigenvalue weighted by Crippen LogP contribution is 2.31. The standard InChI is InChI=1S/C21H22N4O2/c1-2-19-23-20(25-24-19)14-9-11-15(12-10-14)21(26)22-17-7-5-13-27-18-8-4-3-6-16(17)18/h3-4,6,8-12,17H,2,5,7,13H2,1H3,(H,22,26)(H,23,24,25). The molecule has 27 heavy (non-hydrogen) atoms. The van der Waals surface area contributed by atoms with Crippen LogP contribution >= 0.6 is 0 Å². The number of carbonyl (C=O) groups is 1. The van der Waals surface area contributed by atoms with E-state index in [1.807, 2.05) is 55.5 Å². The van der Waals surface area contributed by atoms with Crippen LogP contribution in [0.25, 0.3) is 11.4 Å². The van der Waals surface area contributed by atoms with Gasteiger partial charge in [0, 0.05) is 23.1 Å². The number of amides is 1. The number of hydrogen-bond acceptors (Lipinski definition) is 4. The Morgan fingerprint density at radius 3 is 2.81 bits per heavy atom. The van der Waals surface area contributed by atoms with Gasteiger partial charge in [-0.3, -0.25) is 9.89 Å². The largest absolute Gasteiger partial charge is 0.493 e. The third-order valence-electron chi connectivity index (χ3n) is 4.77. The molecule has 0 aliphatic carbocycles. The van der Waals surface area contributed by atoms with Crippen LogP contribution in [0.2, 0.25) is 0 Å². The Morgan fingerprint density at radius 2 is 2.04 bits per heavy atom. The number of H-pyrrole nitrogens is 1. The lowest BCUT2D eigenvalue weighted by atomic mass is 10.0. The van der Waals surface area contributed by atoms with Gasteiger partial charge in [0.25, 0.3) is 5.91 Å². The van der Waals surface area contributed by atoms with Crippen LogP contribution in [0, 0.1) is 0 Å². The SMILES string of the molecule is CCc1nc(-c2ccc(C(=O)NC3CCCOc4ccccc43)cc2)n[nH]1. The number of nitrogens with one attached hydrogen (secondary N) is 2. The summed E-state index contributed by atoms with van der Waals surface area (Å²) in [6.45, 7) is 2.70. The summed E-state index contributed by atoms with van der Waals surface area (Å²) in [7, 11) is 0. The Balaban J connectivity index is 1.50. The summed E-state index contributed by atoms with van der Waals surface area (Å²) in [6, 6.07) is 15.2. The second-order valence-corrected chi connectivity index (χ2v) is 6.59. The van der Waals surface area contributed by atoms with Gasteiger partial charge in [-0.05, 0) is 31.0 Å². The molecule has 138 valence electrons. The van der Waals surface area contributed by atoms with E-state index < -0.39 is 0 Å². The van der Waals surface area contributed by atoms with Crippen molar-refractivity contribution in [3.8, 4) is 17.1 Å². The van der Waals surface area contributed by atoms with Gasteiger partial charge in [-0.25, -0.2) is 4.98 Å². The first-order chi connectivity index (χ1) is 13.2. The zero-order valence-corrected chi connectivity index (χ0v) is 15.2. The van der Waals surface area contributed by atoms with Gasteiger partial charge in [-0.2, -0.15) is 5.10 Å². The number of nitrogens with zero attached hydrogens (tertiary/aromatic N) is 2. The molecule has 0 fully saturated rings. The lowest BCUT2D eigenvalue weighted by Crippen LogP contribution is -2.28. The smallest absolute Gasteiger partial charge is 0.251 e. The van der Waals surface area contributed by atoms with Crippen LogP contribution in [0.1, 0.15) is 47.6 Å². The van der Waals surface area contributed by atoms with Crippen LogP contribution in [0.15, 0.2) is 48.5 Å². The molecule has 3 aromatic rings. The topological polar surface area (TPSA) is 79.9 Å². The van der Waals surface area contributed by atoms with E-state index in [0.29, 0.717) is 18.0 Å². The molecule has 6 heteroatoms. The lowest BCUT2D eigenvalue weighted by molar-refractivity contribution is 0.0934. The monoisotopic (exact) mass is 362 g/mol. The van der Waals surface area contributed by atoms with Crippen molar-refractivity contribution < 1.29 is 9.53 Å². The van der Waals surface area contributed by atoms with Gasteiger partial charge in [-0.15, -0.1) is 0 Å². The number of aromatic amines is 1. The van der Waals surface area contributed by atoms with Crippen LogP contribution in [0.4, 0.5) is 0 Å². The molecule has 2 aromatic carbocycles. The predicted molar refractivity (Wildman–Crippen MR) is 103 cm³/mol. The Morgan fingerprint density at radius 1 is 1.22 bits per heavy atom. The van der Waals surface area contributed by atoms with E-state index in [1.54, 1.807) is 0 Å². The van der Waals surface area contributed by atoms with Crippen LogP contribution in [0.5, 0.6) is 5.75 Å². The quantitative estimate of drug-likeness (QED) is 0.742. The molecular formula is C21H22N4O2. The van der Waals surface area contributed by atoms with Crippen molar-refractivity contribution >= 4 is 5.91 Å². The summed E-state index contributed by atoms with van der Waals surface area (Å²) < 4.78 is 5.77. The number of ether oxygens (including phenoxy) is 1. The van der Waals surface area contributed by atoms with E-state index in [9.17, 15) is 4.79 Å². The molecule has 1 aliphatic heterocycles. The molecule has 1 amide bonds. The number of aryl methyl sites for hydroxylation is 1. The van der Waals surface area contributed by atoms with Crippen LogP contribution in [-0.2, 0) is 6.42 Å². The van der Waals surface area contributed by atoms with Gasteiger partial charge in [0.15, 0.2) is 5.82 Å². The Kier molecular flexibility index (Phi) is 4.87. The summed E-state index contributed by atoms with van der Waals surface area (Å²) in [4.78, 5) is 17.2. The predicted octanol–water partition coefficient (Wildman–Crippen LogP) is 3.68. The fourth-order valence-corrected chi connectivity index (χ4v) is 3.27. The van der Waals surface area contributed by atoms with E-state index >= 15 is 0 Å². The Labute approximate surface area is 158 Å². The highest BCUT2D eigenvalue weighted by Gasteiger charge is 2.21. The lowest BCUT2D eigenvalue weighted by Gasteiger charge is -2.18. The molecule has 0 bridgehead atoms. The van der Waals surface area contributed by atoms with Crippen LogP contribution in [0.3, 0.4) is 0 Å². The summed E-state index contributed by atoms with van der Waals surface area (Å²) >= 11 is 0. The molecule has 0 saturated carbocycles. The minimum absolute atomic E-state index is 0.0454. The third-order valence-corrected chi connectivity index (χ3v) is 4.77. The molecule has 1 aromatic heterocycles. The van der Waals surface area contributed by atoms with Crippen molar-refractivity contribution in [3.63, 3.8) is 0 Å². The molecule has 4 rings (SSSR count). The van der Waals surface area contributed by atoms with Crippen molar-refractivity contribution in [3.05, 3.63) is 65.5 Å². The number of benzene rings is 2. The third kappa shape index (κ3) is 3.69. The molecule has 1 unspecified atom stereocenters. The van der Waals surface area contributed by atoms with Crippen molar-refractivity contribution in [2.24, 2.45) is 0 Å². The number of hydrogen-bond donors (Lipinski definition) is 2. The normalized spacial score (nSPS) is 16.1. The maximum Gasteiger partial charge on any atom is 0.251 e. The molecule has 2 N–H and O–H groups in total. The number of fused-ring (bicyclic) bond motifs is 1. The zero-order chi connectivity index (χ0) is 18.6. The van der Waals surface area contributed by atoms with Gasteiger partial charge in [-0.1, -0.05) is 37.3 Å². The average Bonchev–Trinajstić information content (AvgIpc) is 3.11. The number of aromatic nitrogens is 3. The molecule has 6 nitrogen and oxygen atoms in total. The number of para-hydroxylation sites is 1. The molecule has 1 atom stereocenters. The average molecular weight is 362 g/mol. The van der Waals surface area contributed by atoms with E-state index in [4.69, 9.17) is 4.74 Å². The van der Waals surface area contributed by atoms with Gasteiger partial charge in [0.1, 0.15) is 11.6 Å². The highest BCUT2D eigenvalue weighted by atomic mass is 16.5.